The van der Waals surface area contributed by atoms with Gasteiger partial charge in [-0.05, 0) is 62.8 Å². The molecule has 1 saturated carbocycles. The number of nitrogens with one attached hydrogen (secondary N) is 1. The number of nitrogens with zero attached hydrogens (tertiary/aromatic N) is 4. The minimum atomic E-state index is 0.0267. The second kappa shape index (κ2) is 10.4. The Kier molecular flexibility index (Phi) is 6.73. The maximum atomic E-state index is 13.0. The fourth-order valence-electron chi connectivity index (χ4n) is 6.02. The number of piperazine rings is 1. The maximum Gasteiger partial charge on any atom is 0.252 e. The molecule has 1 aromatic carbocycles. The number of aromatic nitrogens is 2. The van der Waals surface area contributed by atoms with E-state index >= 15 is 0 Å². The van der Waals surface area contributed by atoms with E-state index in [1.807, 2.05) is 36.5 Å². The van der Waals surface area contributed by atoms with Crippen LogP contribution in [0.25, 0.3) is 10.9 Å². The summed E-state index contributed by atoms with van der Waals surface area (Å²) in [7, 11) is 0. The lowest BCUT2D eigenvalue weighted by atomic mass is 9.84. The van der Waals surface area contributed by atoms with Crippen molar-refractivity contribution in [3.63, 3.8) is 0 Å². The molecule has 4 heterocycles. The molecule has 6 rings (SSSR count). The van der Waals surface area contributed by atoms with E-state index < -0.39 is 0 Å². The first kappa shape index (κ1) is 23.2. The number of carbonyl (C=O) groups is 1. The SMILES string of the molecule is O=C(NC1CCC(CCN2CCN(c3nccc4c3OCC4)CC2)CC1)c1ccnc2ccccc12. The van der Waals surface area contributed by atoms with Crippen LogP contribution in [0.5, 0.6) is 5.75 Å². The van der Waals surface area contributed by atoms with Gasteiger partial charge in [0, 0.05) is 62.0 Å². The Morgan fingerprint density at radius 3 is 2.64 bits per heavy atom. The van der Waals surface area contributed by atoms with Gasteiger partial charge in [-0.15, -0.1) is 0 Å². The van der Waals surface area contributed by atoms with E-state index in [0.717, 1.165) is 92.5 Å². The first-order valence-electron chi connectivity index (χ1n) is 13.5. The lowest BCUT2D eigenvalue weighted by Gasteiger charge is -2.37. The van der Waals surface area contributed by atoms with Gasteiger partial charge in [0.05, 0.1) is 17.7 Å². The molecule has 0 spiro atoms. The van der Waals surface area contributed by atoms with E-state index in [1.54, 1.807) is 6.20 Å². The minimum Gasteiger partial charge on any atom is -0.489 e. The highest BCUT2D eigenvalue weighted by atomic mass is 16.5. The van der Waals surface area contributed by atoms with Crippen molar-refractivity contribution in [2.45, 2.75) is 44.6 Å². The molecule has 1 aliphatic carbocycles. The molecule has 2 aromatic heterocycles. The van der Waals surface area contributed by atoms with Gasteiger partial charge < -0.3 is 15.0 Å². The molecule has 1 N–H and O–H groups in total. The molecular formula is C29H35N5O2. The van der Waals surface area contributed by atoms with Gasteiger partial charge in [-0.25, -0.2) is 4.98 Å². The standard InChI is InChI=1S/C29H35N5O2/c35-29(25-10-14-30-26-4-2-1-3-24(25)26)32-23-7-5-21(6-8-23)11-15-33-16-18-34(19-17-33)28-27-22(9-13-31-28)12-20-36-27/h1-4,9-10,13-14,21,23H,5-8,11-12,15-20H2,(H,32,35). The third-order valence-electron chi connectivity index (χ3n) is 8.19. The first-order chi connectivity index (χ1) is 17.7. The molecule has 1 amide bonds. The van der Waals surface area contributed by atoms with Crippen LogP contribution in [-0.4, -0.2) is 66.1 Å². The molecule has 0 atom stereocenters. The van der Waals surface area contributed by atoms with Crippen LogP contribution in [0.3, 0.4) is 0 Å². The molecule has 7 heteroatoms. The molecule has 0 unspecified atom stereocenters. The summed E-state index contributed by atoms with van der Waals surface area (Å²) in [4.78, 5) is 27.0. The summed E-state index contributed by atoms with van der Waals surface area (Å²) in [5.41, 5.74) is 2.89. The van der Waals surface area contributed by atoms with Crippen molar-refractivity contribution < 1.29 is 9.53 Å². The van der Waals surface area contributed by atoms with Gasteiger partial charge in [-0.3, -0.25) is 14.7 Å². The van der Waals surface area contributed by atoms with Gasteiger partial charge in [0.2, 0.25) is 0 Å². The van der Waals surface area contributed by atoms with Crippen LogP contribution in [0.1, 0.15) is 48.0 Å². The van der Waals surface area contributed by atoms with E-state index in [0.29, 0.717) is 0 Å². The summed E-state index contributed by atoms with van der Waals surface area (Å²) in [6.45, 7) is 6.12. The number of carbonyl (C=O) groups excluding carboxylic acids is 1. The molecule has 2 aliphatic heterocycles. The van der Waals surface area contributed by atoms with Crippen LogP contribution >= 0.6 is 0 Å². The van der Waals surface area contributed by atoms with Crippen molar-refractivity contribution >= 4 is 22.6 Å². The lowest BCUT2D eigenvalue weighted by Crippen LogP contribution is -2.47. The number of para-hydroxylation sites is 1. The quantitative estimate of drug-likeness (QED) is 0.568. The number of hydrogen-bond donors (Lipinski definition) is 1. The first-order valence-corrected chi connectivity index (χ1v) is 13.5. The molecule has 7 nitrogen and oxygen atoms in total. The van der Waals surface area contributed by atoms with Crippen LogP contribution in [-0.2, 0) is 6.42 Å². The largest absolute Gasteiger partial charge is 0.489 e. The van der Waals surface area contributed by atoms with Crippen molar-refractivity contribution in [1.82, 2.24) is 20.2 Å². The summed E-state index contributed by atoms with van der Waals surface area (Å²) in [5, 5.41) is 4.22. The predicted molar refractivity (Wildman–Crippen MR) is 142 cm³/mol. The number of benzene rings is 1. The average molecular weight is 486 g/mol. The number of pyridine rings is 2. The Hall–Kier alpha value is -3.19. The van der Waals surface area contributed by atoms with Crippen LogP contribution in [0.15, 0.2) is 48.8 Å². The smallest absolute Gasteiger partial charge is 0.252 e. The average Bonchev–Trinajstić information content (AvgIpc) is 3.42. The van der Waals surface area contributed by atoms with Gasteiger partial charge in [0.1, 0.15) is 0 Å². The number of ether oxygens (including phenoxy) is 1. The molecule has 1 saturated heterocycles. The fraction of sp³-hybridized carbons (Fsp3) is 0.483. The monoisotopic (exact) mass is 485 g/mol. The second-order valence-corrected chi connectivity index (χ2v) is 10.4. The molecule has 3 aromatic rings. The fourth-order valence-corrected chi connectivity index (χ4v) is 6.02. The van der Waals surface area contributed by atoms with Gasteiger partial charge >= 0.3 is 0 Å². The Labute approximate surface area is 212 Å². The van der Waals surface area contributed by atoms with Crippen molar-refractivity contribution in [2.24, 2.45) is 5.92 Å². The zero-order chi connectivity index (χ0) is 24.3. The molecule has 36 heavy (non-hydrogen) atoms. The number of anilines is 1. The van der Waals surface area contributed by atoms with Gasteiger partial charge in [-0.2, -0.15) is 0 Å². The summed E-state index contributed by atoms with van der Waals surface area (Å²) in [6, 6.07) is 12.0. The maximum absolute atomic E-state index is 13.0. The zero-order valence-electron chi connectivity index (χ0n) is 20.9. The summed E-state index contributed by atoms with van der Waals surface area (Å²) < 4.78 is 5.87. The Morgan fingerprint density at radius 1 is 0.972 bits per heavy atom. The normalized spacial score (nSPS) is 22.3. The van der Waals surface area contributed by atoms with E-state index in [4.69, 9.17) is 4.74 Å². The number of rotatable bonds is 6. The van der Waals surface area contributed by atoms with E-state index in [1.165, 1.54) is 24.8 Å². The highest BCUT2D eigenvalue weighted by Gasteiger charge is 2.27. The van der Waals surface area contributed by atoms with Gasteiger partial charge in [0.15, 0.2) is 11.6 Å². The molecule has 2 fully saturated rings. The molecule has 0 radical (unpaired) electrons. The summed E-state index contributed by atoms with van der Waals surface area (Å²) in [6.07, 6.45) is 10.4. The third kappa shape index (κ3) is 4.89. The Bertz CT molecular complexity index is 1210. The van der Waals surface area contributed by atoms with E-state index in [-0.39, 0.29) is 11.9 Å². The summed E-state index contributed by atoms with van der Waals surface area (Å²) in [5.74, 6) is 2.82. The van der Waals surface area contributed by atoms with Crippen LogP contribution in [0.2, 0.25) is 0 Å². The Balaban J connectivity index is 0.942. The van der Waals surface area contributed by atoms with Crippen molar-refractivity contribution in [1.29, 1.82) is 0 Å². The van der Waals surface area contributed by atoms with Crippen molar-refractivity contribution in [2.75, 3.05) is 44.2 Å². The highest BCUT2D eigenvalue weighted by Crippen LogP contribution is 2.34. The molecular weight excluding hydrogens is 450 g/mol. The van der Waals surface area contributed by atoms with Gasteiger partial charge in [-0.1, -0.05) is 18.2 Å². The highest BCUT2D eigenvalue weighted by molar-refractivity contribution is 6.06. The van der Waals surface area contributed by atoms with E-state index in [2.05, 4.69) is 31.2 Å². The van der Waals surface area contributed by atoms with Crippen LogP contribution in [0.4, 0.5) is 5.82 Å². The van der Waals surface area contributed by atoms with Crippen molar-refractivity contribution in [3.8, 4) is 5.75 Å². The van der Waals surface area contributed by atoms with Gasteiger partial charge in [0.25, 0.3) is 5.91 Å². The van der Waals surface area contributed by atoms with Crippen LogP contribution in [0, 0.1) is 5.92 Å². The number of hydrogen-bond acceptors (Lipinski definition) is 6. The minimum absolute atomic E-state index is 0.0267. The molecule has 188 valence electrons. The summed E-state index contributed by atoms with van der Waals surface area (Å²) >= 11 is 0. The van der Waals surface area contributed by atoms with Crippen LogP contribution < -0.4 is 15.0 Å². The number of amides is 1. The number of fused-ring (bicyclic) bond motifs is 2. The third-order valence-corrected chi connectivity index (χ3v) is 8.19. The van der Waals surface area contributed by atoms with E-state index in [9.17, 15) is 4.79 Å². The second-order valence-electron chi connectivity index (χ2n) is 10.4. The zero-order valence-corrected chi connectivity index (χ0v) is 20.9. The predicted octanol–water partition coefficient (Wildman–Crippen LogP) is 4.07. The lowest BCUT2D eigenvalue weighted by molar-refractivity contribution is 0.0921. The molecule has 0 bridgehead atoms. The van der Waals surface area contributed by atoms with Crippen molar-refractivity contribution in [3.05, 3.63) is 59.9 Å². The Morgan fingerprint density at radius 2 is 1.78 bits per heavy atom. The molecule has 3 aliphatic rings. The topological polar surface area (TPSA) is 70.6 Å².